The number of anilines is 1. The first-order chi connectivity index (χ1) is 8.99. The topological polar surface area (TPSA) is 84.2 Å². The Morgan fingerprint density at radius 3 is 2.68 bits per heavy atom. The van der Waals surface area contributed by atoms with Crippen molar-refractivity contribution < 1.29 is 14.7 Å². The number of para-hydroxylation sites is 1. The molecule has 0 spiro atoms. The maximum absolute atomic E-state index is 12.0. The van der Waals surface area contributed by atoms with Crippen LogP contribution < -0.4 is 5.32 Å². The van der Waals surface area contributed by atoms with Gasteiger partial charge >= 0.3 is 5.97 Å². The molecule has 2 aromatic rings. The van der Waals surface area contributed by atoms with E-state index in [0.29, 0.717) is 11.3 Å². The lowest BCUT2D eigenvalue weighted by Gasteiger charge is -2.10. The van der Waals surface area contributed by atoms with E-state index in [1.165, 1.54) is 12.4 Å². The van der Waals surface area contributed by atoms with E-state index in [-0.39, 0.29) is 11.3 Å². The number of nitrogens with one attached hydrogen (secondary N) is 1. The van der Waals surface area contributed by atoms with Crippen LogP contribution in [0.25, 0.3) is 0 Å². The molecule has 6 heteroatoms. The van der Waals surface area contributed by atoms with Crippen LogP contribution in [0.1, 0.15) is 26.4 Å². The van der Waals surface area contributed by atoms with Gasteiger partial charge in [-0.05, 0) is 18.6 Å². The number of rotatable bonds is 3. The van der Waals surface area contributed by atoms with Gasteiger partial charge in [0, 0.05) is 13.2 Å². The molecule has 0 bridgehead atoms. The van der Waals surface area contributed by atoms with Gasteiger partial charge < -0.3 is 15.0 Å². The van der Waals surface area contributed by atoms with E-state index in [4.69, 9.17) is 5.11 Å². The average Bonchev–Trinajstić information content (AvgIpc) is 2.78. The van der Waals surface area contributed by atoms with E-state index in [1.807, 2.05) is 0 Å². The number of imidazole rings is 1. The third-order valence-electron chi connectivity index (χ3n) is 2.68. The summed E-state index contributed by atoms with van der Waals surface area (Å²) in [4.78, 5) is 27.0. The molecule has 0 aliphatic carbocycles. The number of carbonyl (C=O) groups excluding carboxylic acids is 1. The van der Waals surface area contributed by atoms with E-state index >= 15 is 0 Å². The van der Waals surface area contributed by atoms with Crippen molar-refractivity contribution in [3.8, 4) is 0 Å². The molecule has 98 valence electrons. The molecular weight excluding hydrogens is 246 g/mol. The molecule has 0 saturated heterocycles. The van der Waals surface area contributed by atoms with Crippen LogP contribution in [-0.4, -0.2) is 26.5 Å². The summed E-state index contributed by atoms with van der Waals surface area (Å²) < 4.78 is 1.64. The number of nitrogens with zero attached hydrogens (tertiary/aromatic N) is 2. The highest BCUT2D eigenvalue weighted by Gasteiger charge is 2.16. The third kappa shape index (κ3) is 2.62. The van der Waals surface area contributed by atoms with Crippen LogP contribution in [0.2, 0.25) is 0 Å². The van der Waals surface area contributed by atoms with Crippen LogP contribution in [-0.2, 0) is 7.05 Å². The Morgan fingerprint density at radius 1 is 1.37 bits per heavy atom. The Labute approximate surface area is 109 Å². The van der Waals surface area contributed by atoms with Crippen LogP contribution in [0.3, 0.4) is 0 Å². The number of benzene rings is 1. The van der Waals surface area contributed by atoms with Crippen molar-refractivity contribution in [2.24, 2.45) is 7.05 Å². The van der Waals surface area contributed by atoms with Crippen molar-refractivity contribution in [1.29, 1.82) is 0 Å². The van der Waals surface area contributed by atoms with Gasteiger partial charge in [0.15, 0.2) is 0 Å². The first-order valence-electron chi connectivity index (χ1n) is 5.61. The largest absolute Gasteiger partial charge is 0.478 e. The fourth-order valence-corrected chi connectivity index (χ4v) is 1.72. The van der Waals surface area contributed by atoms with Crippen LogP contribution in [0, 0.1) is 6.92 Å². The Morgan fingerprint density at radius 2 is 2.11 bits per heavy atom. The maximum atomic E-state index is 12.0. The lowest BCUT2D eigenvalue weighted by molar-refractivity contribution is 0.0698. The highest BCUT2D eigenvalue weighted by Crippen LogP contribution is 2.21. The number of carbonyl (C=O) groups is 2. The van der Waals surface area contributed by atoms with Crippen molar-refractivity contribution in [2.45, 2.75) is 6.92 Å². The number of carboxylic acids is 1. The molecule has 2 N–H and O–H groups in total. The van der Waals surface area contributed by atoms with Crippen molar-refractivity contribution in [1.82, 2.24) is 9.55 Å². The second-order valence-corrected chi connectivity index (χ2v) is 4.18. The summed E-state index contributed by atoms with van der Waals surface area (Å²) in [6, 6.07) is 4.82. The SMILES string of the molecule is Cc1cccc(C(=O)O)c1NC(=O)c1cn(C)cn1. The zero-order valence-corrected chi connectivity index (χ0v) is 10.5. The maximum Gasteiger partial charge on any atom is 0.337 e. The first kappa shape index (κ1) is 12.8. The number of hydrogen-bond donors (Lipinski definition) is 2. The molecule has 1 amide bonds. The highest BCUT2D eigenvalue weighted by molar-refractivity contribution is 6.07. The molecule has 0 saturated carbocycles. The predicted octanol–water partition coefficient (Wildman–Crippen LogP) is 1.68. The highest BCUT2D eigenvalue weighted by atomic mass is 16.4. The smallest absolute Gasteiger partial charge is 0.337 e. The van der Waals surface area contributed by atoms with Gasteiger partial charge in [0.1, 0.15) is 5.69 Å². The third-order valence-corrected chi connectivity index (χ3v) is 2.68. The fourth-order valence-electron chi connectivity index (χ4n) is 1.72. The molecule has 0 fully saturated rings. The molecule has 1 aromatic carbocycles. The van der Waals surface area contributed by atoms with E-state index in [2.05, 4.69) is 10.3 Å². The standard InChI is InChI=1S/C13H13N3O3/c1-8-4-3-5-9(13(18)19)11(8)15-12(17)10-6-16(2)7-14-10/h3-7H,1-2H3,(H,15,17)(H,18,19). The second kappa shape index (κ2) is 4.93. The van der Waals surface area contributed by atoms with Gasteiger partial charge in [-0.25, -0.2) is 9.78 Å². The van der Waals surface area contributed by atoms with E-state index in [0.717, 1.165) is 0 Å². The minimum atomic E-state index is -1.08. The van der Waals surface area contributed by atoms with Crippen LogP contribution in [0.4, 0.5) is 5.69 Å². The van der Waals surface area contributed by atoms with Gasteiger partial charge in [-0.15, -0.1) is 0 Å². The summed E-state index contributed by atoms with van der Waals surface area (Å²) in [6.07, 6.45) is 3.07. The Hall–Kier alpha value is -2.63. The minimum absolute atomic E-state index is 0.0595. The van der Waals surface area contributed by atoms with Gasteiger partial charge in [0.2, 0.25) is 0 Å². The van der Waals surface area contributed by atoms with Gasteiger partial charge in [-0.2, -0.15) is 0 Å². The van der Waals surface area contributed by atoms with Gasteiger partial charge in [0.25, 0.3) is 5.91 Å². The Bertz CT molecular complexity index is 646. The van der Waals surface area contributed by atoms with Gasteiger partial charge in [0.05, 0.1) is 17.6 Å². The lowest BCUT2D eigenvalue weighted by atomic mass is 10.1. The summed E-state index contributed by atoms with van der Waals surface area (Å²) in [6.45, 7) is 1.74. The number of amides is 1. The van der Waals surface area contributed by atoms with Crippen LogP contribution >= 0.6 is 0 Å². The van der Waals surface area contributed by atoms with Gasteiger partial charge in [-0.3, -0.25) is 4.79 Å². The van der Waals surface area contributed by atoms with Crippen molar-refractivity contribution >= 4 is 17.6 Å². The first-order valence-corrected chi connectivity index (χ1v) is 5.61. The van der Waals surface area contributed by atoms with Crippen LogP contribution in [0.15, 0.2) is 30.7 Å². The van der Waals surface area contributed by atoms with E-state index in [1.54, 1.807) is 36.9 Å². The molecule has 0 aliphatic heterocycles. The molecule has 2 rings (SSSR count). The van der Waals surface area contributed by atoms with E-state index < -0.39 is 11.9 Å². The lowest BCUT2D eigenvalue weighted by Crippen LogP contribution is -2.16. The van der Waals surface area contributed by atoms with Crippen molar-refractivity contribution in [3.63, 3.8) is 0 Å². The zero-order chi connectivity index (χ0) is 14.0. The monoisotopic (exact) mass is 259 g/mol. The zero-order valence-electron chi connectivity index (χ0n) is 10.5. The summed E-state index contributed by atoms with van der Waals surface area (Å²) in [5.74, 6) is -1.52. The van der Waals surface area contributed by atoms with Crippen molar-refractivity contribution in [3.05, 3.63) is 47.5 Å². The van der Waals surface area contributed by atoms with Crippen molar-refractivity contribution in [2.75, 3.05) is 5.32 Å². The Balaban J connectivity index is 2.33. The summed E-state index contributed by atoms with van der Waals surface area (Å²) >= 11 is 0. The normalized spacial score (nSPS) is 10.2. The number of hydrogen-bond acceptors (Lipinski definition) is 3. The molecule has 0 atom stereocenters. The molecule has 0 radical (unpaired) electrons. The van der Waals surface area contributed by atoms with Crippen LogP contribution in [0.5, 0.6) is 0 Å². The van der Waals surface area contributed by atoms with E-state index in [9.17, 15) is 9.59 Å². The molecule has 1 heterocycles. The summed E-state index contributed by atoms with van der Waals surface area (Å²) in [5.41, 5.74) is 1.28. The molecule has 6 nitrogen and oxygen atoms in total. The fraction of sp³-hybridized carbons (Fsp3) is 0.154. The minimum Gasteiger partial charge on any atom is -0.478 e. The number of aromatic carboxylic acids is 1. The molecule has 0 unspecified atom stereocenters. The molecular formula is C13H13N3O3. The Kier molecular flexibility index (Phi) is 3.33. The molecule has 0 aliphatic rings. The number of aromatic nitrogens is 2. The molecule has 1 aromatic heterocycles. The van der Waals surface area contributed by atoms with Gasteiger partial charge in [-0.1, -0.05) is 12.1 Å². The predicted molar refractivity (Wildman–Crippen MR) is 69.3 cm³/mol. The summed E-state index contributed by atoms with van der Waals surface area (Å²) in [7, 11) is 1.75. The summed E-state index contributed by atoms with van der Waals surface area (Å²) in [5, 5.41) is 11.7. The number of carboxylic acid groups (broad SMARTS) is 1. The quantitative estimate of drug-likeness (QED) is 0.878. The second-order valence-electron chi connectivity index (χ2n) is 4.18. The number of aryl methyl sites for hydroxylation is 2. The average molecular weight is 259 g/mol. The molecule has 19 heavy (non-hydrogen) atoms.